The van der Waals surface area contributed by atoms with Crippen LogP contribution in [0.25, 0.3) is 16.7 Å². The van der Waals surface area contributed by atoms with Gasteiger partial charge in [-0.15, -0.1) is 0 Å². The fourth-order valence-corrected chi connectivity index (χ4v) is 3.95. The topological polar surface area (TPSA) is 81.3 Å². The van der Waals surface area contributed by atoms with E-state index in [4.69, 9.17) is 0 Å². The van der Waals surface area contributed by atoms with Gasteiger partial charge in [-0.05, 0) is 43.9 Å². The summed E-state index contributed by atoms with van der Waals surface area (Å²) in [4.78, 5) is 30.0. The highest BCUT2D eigenvalue weighted by atomic mass is 16.2. The smallest absolute Gasteiger partial charge is 0.277 e. The van der Waals surface area contributed by atoms with Crippen LogP contribution in [0.5, 0.6) is 0 Å². The Hall–Kier alpha value is -2.70. The molecule has 7 heteroatoms. The van der Waals surface area contributed by atoms with Gasteiger partial charge in [0.15, 0.2) is 5.65 Å². The van der Waals surface area contributed by atoms with Gasteiger partial charge >= 0.3 is 0 Å². The van der Waals surface area contributed by atoms with Gasteiger partial charge in [-0.25, -0.2) is 9.50 Å². The molecule has 0 radical (unpaired) electrons. The molecule has 0 unspecified atom stereocenters. The number of fused-ring (bicyclic) bond motifs is 3. The lowest BCUT2D eigenvalue weighted by Gasteiger charge is -2.14. The summed E-state index contributed by atoms with van der Waals surface area (Å²) in [6.45, 7) is 0.0119. The summed E-state index contributed by atoms with van der Waals surface area (Å²) in [5, 5.41) is 7.67. The normalized spacial score (nSPS) is 18.0. The molecule has 26 heavy (non-hydrogen) atoms. The third-order valence-corrected chi connectivity index (χ3v) is 5.47. The monoisotopic (exact) mass is 351 g/mol. The van der Waals surface area contributed by atoms with Crippen LogP contribution in [0.15, 0.2) is 29.2 Å². The van der Waals surface area contributed by atoms with Gasteiger partial charge in [0, 0.05) is 18.2 Å². The Morgan fingerprint density at radius 1 is 1.19 bits per heavy atom. The van der Waals surface area contributed by atoms with Crippen molar-refractivity contribution in [2.75, 3.05) is 0 Å². The summed E-state index contributed by atoms with van der Waals surface area (Å²) in [6.07, 6.45) is 8.28. The molecule has 5 rings (SSSR count). The summed E-state index contributed by atoms with van der Waals surface area (Å²) in [5.41, 5.74) is 2.50. The summed E-state index contributed by atoms with van der Waals surface area (Å²) in [7, 11) is 0. The molecule has 0 bridgehead atoms. The molecule has 1 amide bonds. The molecule has 3 aromatic rings. The highest BCUT2D eigenvalue weighted by Crippen LogP contribution is 2.39. The quantitative estimate of drug-likeness (QED) is 0.779. The maximum Gasteiger partial charge on any atom is 0.277 e. The Kier molecular flexibility index (Phi) is 3.55. The molecule has 2 aliphatic rings. The van der Waals surface area contributed by atoms with Crippen molar-refractivity contribution in [3.8, 4) is 0 Å². The third-order valence-electron chi connectivity index (χ3n) is 5.47. The second-order valence-corrected chi connectivity index (χ2v) is 7.43. The number of nitrogens with one attached hydrogen (secondary N) is 1. The van der Waals surface area contributed by atoms with Gasteiger partial charge in [0.05, 0.1) is 11.2 Å². The third kappa shape index (κ3) is 2.58. The van der Waals surface area contributed by atoms with E-state index >= 15 is 0 Å². The van der Waals surface area contributed by atoms with E-state index in [1.807, 2.05) is 12.1 Å². The standard InChI is InChI=1S/C19H21N5O2/c25-17(21-13-4-1-2-5-13)11-23-15-6-3-9-20-18(15)24-16(19(23)26)10-14(22-24)12-7-8-12/h3,6,9-10,12-13H,1-2,4-5,7-8,11H2,(H,21,25). The molecular weight excluding hydrogens is 330 g/mol. The van der Waals surface area contributed by atoms with Crippen molar-refractivity contribution >= 4 is 22.6 Å². The van der Waals surface area contributed by atoms with Crippen LogP contribution < -0.4 is 10.9 Å². The van der Waals surface area contributed by atoms with Gasteiger partial charge in [0.25, 0.3) is 5.56 Å². The van der Waals surface area contributed by atoms with E-state index in [1.54, 1.807) is 16.8 Å². The highest BCUT2D eigenvalue weighted by molar-refractivity contribution is 5.80. The van der Waals surface area contributed by atoms with Crippen molar-refractivity contribution in [2.24, 2.45) is 0 Å². The molecule has 0 aromatic carbocycles. The molecule has 134 valence electrons. The molecular formula is C19H21N5O2. The lowest BCUT2D eigenvalue weighted by Crippen LogP contribution is -2.38. The Bertz CT molecular complexity index is 1060. The molecule has 3 aromatic heterocycles. The van der Waals surface area contributed by atoms with Gasteiger partial charge in [-0.2, -0.15) is 5.10 Å². The van der Waals surface area contributed by atoms with Crippen molar-refractivity contribution in [2.45, 2.75) is 57.0 Å². The van der Waals surface area contributed by atoms with E-state index in [2.05, 4.69) is 15.4 Å². The summed E-state index contributed by atoms with van der Waals surface area (Å²) < 4.78 is 3.16. The number of nitrogens with zero attached hydrogens (tertiary/aromatic N) is 4. The Labute approximate surface area is 150 Å². The van der Waals surface area contributed by atoms with Crippen molar-refractivity contribution in [1.29, 1.82) is 0 Å². The molecule has 0 atom stereocenters. The summed E-state index contributed by atoms with van der Waals surface area (Å²) in [6, 6.07) is 5.71. The van der Waals surface area contributed by atoms with Gasteiger partial charge < -0.3 is 5.32 Å². The maximum atomic E-state index is 13.1. The second kappa shape index (κ2) is 5.93. The number of pyridine rings is 1. The largest absolute Gasteiger partial charge is 0.352 e. The van der Waals surface area contributed by atoms with Crippen LogP contribution in [-0.4, -0.2) is 31.1 Å². The van der Waals surface area contributed by atoms with Gasteiger partial charge in [-0.3, -0.25) is 14.2 Å². The van der Waals surface area contributed by atoms with Crippen LogP contribution in [-0.2, 0) is 11.3 Å². The number of carbonyl (C=O) groups is 1. The van der Waals surface area contributed by atoms with Crippen LogP contribution in [0.2, 0.25) is 0 Å². The molecule has 0 aliphatic heterocycles. The first-order valence-electron chi connectivity index (χ1n) is 9.37. The zero-order valence-electron chi connectivity index (χ0n) is 14.5. The van der Waals surface area contributed by atoms with Crippen LogP contribution >= 0.6 is 0 Å². The van der Waals surface area contributed by atoms with Crippen LogP contribution in [0.3, 0.4) is 0 Å². The Balaban J connectivity index is 1.59. The molecule has 1 N–H and O–H groups in total. The number of hydrogen-bond donors (Lipinski definition) is 1. The summed E-state index contributed by atoms with van der Waals surface area (Å²) in [5.74, 6) is 0.336. The Morgan fingerprint density at radius 2 is 2.00 bits per heavy atom. The Morgan fingerprint density at radius 3 is 2.77 bits per heavy atom. The first-order valence-corrected chi connectivity index (χ1v) is 9.37. The fraction of sp³-hybridized carbons (Fsp3) is 0.474. The van der Waals surface area contributed by atoms with E-state index < -0.39 is 0 Å². The lowest BCUT2D eigenvalue weighted by atomic mass is 10.2. The zero-order valence-corrected chi connectivity index (χ0v) is 14.5. The van der Waals surface area contributed by atoms with Gasteiger partial charge in [0.1, 0.15) is 12.1 Å². The first kappa shape index (κ1) is 15.5. The van der Waals surface area contributed by atoms with E-state index in [0.29, 0.717) is 22.6 Å². The van der Waals surface area contributed by atoms with E-state index in [1.165, 1.54) is 4.57 Å². The van der Waals surface area contributed by atoms with Crippen molar-refractivity contribution < 1.29 is 4.79 Å². The minimum absolute atomic E-state index is 0.0119. The van der Waals surface area contributed by atoms with E-state index in [-0.39, 0.29) is 24.1 Å². The van der Waals surface area contributed by atoms with Crippen LogP contribution in [0, 0.1) is 0 Å². The average molecular weight is 351 g/mol. The molecule has 0 spiro atoms. The van der Waals surface area contributed by atoms with Crippen LogP contribution in [0.1, 0.15) is 50.1 Å². The van der Waals surface area contributed by atoms with Crippen molar-refractivity contribution in [3.63, 3.8) is 0 Å². The van der Waals surface area contributed by atoms with E-state index in [9.17, 15) is 9.59 Å². The van der Waals surface area contributed by atoms with Crippen LogP contribution in [0.4, 0.5) is 0 Å². The van der Waals surface area contributed by atoms with Crippen molar-refractivity contribution in [1.82, 2.24) is 24.5 Å². The average Bonchev–Trinajstić information content (AvgIpc) is 3.19. The number of amides is 1. The minimum atomic E-state index is -0.188. The SMILES string of the molecule is O=C(Cn1c(=O)c2cc(C3CC3)nn2c2ncccc21)NC1CCCC1. The molecule has 7 nitrogen and oxygen atoms in total. The molecule has 2 aliphatic carbocycles. The number of hydrogen-bond acceptors (Lipinski definition) is 4. The molecule has 0 saturated heterocycles. The van der Waals surface area contributed by atoms with Gasteiger partial charge in [-0.1, -0.05) is 12.8 Å². The summed E-state index contributed by atoms with van der Waals surface area (Å²) >= 11 is 0. The highest BCUT2D eigenvalue weighted by Gasteiger charge is 2.28. The second-order valence-electron chi connectivity index (χ2n) is 7.43. The number of carbonyl (C=O) groups excluding carboxylic acids is 1. The first-order chi connectivity index (χ1) is 12.7. The van der Waals surface area contributed by atoms with Crippen molar-refractivity contribution in [3.05, 3.63) is 40.4 Å². The molecule has 2 saturated carbocycles. The number of rotatable bonds is 4. The molecule has 3 heterocycles. The van der Waals surface area contributed by atoms with Gasteiger partial charge in [0.2, 0.25) is 5.91 Å². The fourth-order valence-electron chi connectivity index (χ4n) is 3.95. The zero-order chi connectivity index (χ0) is 17.7. The molecule has 2 fully saturated rings. The minimum Gasteiger partial charge on any atom is -0.352 e. The predicted octanol–water partition coefficient (Wildman–Crippen LogP) is 1.98. The van der Waals surface area contributed by atoms with E-state index in [0.717, 1.165) is 44.2 Å². The number of aromatic nitrogens is 4. The lowest BCUT2D eigenvalue weighted by molar-refractivity contribution is -0.122. The maximum absolute atomic E-state index is 13.1. The predicted molar refractivity (Wildman–Crippen MR) is 97.1 cm³/mol.